The molecule has 1 atom stereocenters. The number of halogens is 4. The summed E-state index contributed by atoms with van der Waals surface area (Å²) in [5.41, 5.74) is 5.66. The van der Waals surface area contributed by atoms with Gasteiger partial charge in [-0.15, -0.1) is 12.4 Å². The van der Waals surface area contributed by atoms with Gasteiger partial charge in [-0.1, -0.05) is 13.3 Å². The lowest BCUT2D eigenvalue weighted by atomic mass is 10.1. The van der Waals surface area contributed by atoms with Crippen LogP contribution in [0.5, 0.6) is 0 Å². The van der Waals surface area contributed by atoms with Crippen LogP contribution in [-0.4, -0.2) is 11.9 Å². The lowest BCUT2D eigenvalue weighted by Gasteiger charge is -2.11. The Hall–Kier alpha value is -0.470. The molecule has 0 bridgehead atoms. The third kappa shape index (κ3) is 4.66. The highest BCUT2D eigenvalue weighted by atomic mass is 127. The first kappa shape index (κ1) is 17.5. The van der Waals surface area contributed by atoms with E-state index in [2.05, 4.69) is 5.32 Å². The van der Waals surface area contributed by atoms with E-state index in [9.17, 15) is 13.6 Å². The summed E-state index contributed by atoms with van der Waals surface area (Å²) in [6, 6.07) is 1.48. The van der Waals surface area contributed by atoms with Crippen molar-refractivity contribution in [3.63, 3.8) is 0 Å². The number of nitrogens with two attached hydrogens (primary N) is 1. The van der Waals surface area contributed by atoms with Gasteiger partial charge >= 0.3 is 0 Å². The molecule has 1 rings (SSSR count). The fraction of sp³-hybridized carbons (Fsp3) is 0.364. The molecule has 0 saturated carbocycles. The predicted octanol–water partition coefficient (Wildman–Crippen LogP) is 3.06. The minimum absolute atomic E-state index is 0. The first-order chi connectivity index (χ1) is 7.95. The number of hydrogen-bond donors (Lipinski definition) is 2. The van der Waals surface area contributed by atoms with Gasteiger partial charge in [-0.2, -0.15) is 0 Å². The normalized spacial score (nSPS) is 11.6. The summed E-state index contributed by atoms with van der Waals surface area (Å²) in [6.45, 7) is 1.90. The fourth-order valence-electron chi connectivity index (χ4n) is 1.30. The van der Waals surface area contributed by atoms with E-state index in [0.717, 1.165) is 18.6 Å². The summed E-state index contributed by atoms with van der Waals surface area (Å²) in [5, 5.41) is 2.39. The van der Waals surface area contributed by atoms with Crippen molar-refractivity contribution in [2.45, 2.75) is 25.8 Å². The van der Waals surface area contributed by atoms with Gasteiger partial charge in [-0.25, -0.2) is 8.78 Å². The minimum Gasteiger partial charge on any atom is -0.325 e. The summed E-state index contributed by atoms with van der Waals surface area (Å²) >= 11 is 1.56. The molecule has 7 heteroatoms. The molecule has 18 heavy (non-hydrogen) atoms. The Labute approximate surface area is 124 Å². The maximum absolute atomic E-state index is 13.2. The van der Waals surface area contributed by atoms with Crippen molar-refractivity contribution in [2.75, 3.05) is 5.32 Å². The SMILES string of the molecule is CCCC(N)C(=O)Nc1cc(F)c(I)c(F)c1.Cl. The van der Waals surface area contributed by atoms with Gasteiger partial charge in [0.05, 0.1) is 9.61 Å². The zero-order valence-electron chi connectivity index (χ0n) is 9.67. The van der Waals surface area contributed by atoms with Crippen molar-refractivity contribution in [2.24, 2.45) is 5.73 Å². The lowest BCUT2D eigenvalue weighted by Crippen LogP contribution is -2.35. The second-order valence-corrected chi connectivity index (χ2v) is 4.72. The molecule has 0 heterocycles. The molecule has 0 radical (unpaired) electrons. The number of rotatable bonds is 4. The predicted molar refractivity (Wildman–Crippen MR) is 77.8 cm³/mol. The smallest absolute Gasteiger partial charge is 0.241 e. The number of carbonyl (C=O) groups is 1. The topological polar surface area (TPSA) is 55.1 Å². The molecular weight excluding hydrogens is 376 g/mol. The van der Waals surface area contributed by atoms with Crippen molar-refractivity contribution >= 4 is 46.6 Å². The van der Waals surface area contributed by atoms with Gasteiger partial charge in [-0.05, 0) is 41.1 Å². The van der Waals surface area contributed by atoms with Gasteiger partial charge in [0.1, 0.15) is 11.6 Å². The molecule has 0 aliphatic rings. The summed E-state index contributed by atoms with van der Waals surface area (Å²) in [7, 11) is 0. The molecule has 0 aliphatic carbocycles. The molecule has 3 N–H and O–H groups in total. The average Bonchev–Trinajstić information content (AvgIpc) is 2.26. The Morgan fingerprint density at radius 2 is 1.94 bits per heavy atom. The highest BCUT2D eigenvalue weighted by Crippen LogP contribution is 2.20. The van der Waals surface area contributed by atoms with Crippen molar-refractivity contribution in [3.05, 3.63) is 27.3 Å². The quantitative estimate of drug-likeness (QED) is 0.613. The van der Waals surface area contributed by atoms with Gasteiger partial charge in [-0.3, -0.25) is 4.79 Å². The molecule has 0 fully saturated rings. The maximum Gasteiger partial charge on any atom is 0.241 e. The molecule has 0 aliphatic heterocycles. The summed E-state index contributed by atoms with van der Waals surface area (Å²) in [6.07, 6.45) is 1.30. The van der Waals surface area contributed by atoms with Crippen molar-refractivity contribution in [1.29, 1.82) is 0 Å². The van der Waals surface area contributed by atoms with Crippen molar-refractivity contribution < 1.29 is 13.6 Å². The zero-order valence-corrected chi connectivity index (χ0v) is 12.6. The number of anilines is 1. The minimum atomic E-state index is -0.704. The largest absolute Gasteiger partial charge is 0.325 e. The highest BCUT2D eigenvalue weighted by molar-refractivity contribution is 14.1. The lowest BCUT2D eigenvalue weighted by molar-refractivity contribution is -0.117. The van der Waals surface area contributed by atoms with E-state index in [4.69, 9.17) is 5.73 Å². The first-order valence-electron chi connectivity index (χ1n) is 5.16. The molecule has 102 valence electrons. The van der Waals surface area contributed by atoms with Gasteiger partial charge < -0.3 is 11.1 Å². The van der Waals surface area contributed by atoms with E-state index >= 15 is 0 Å². The Bertz CT molecular complexity index is 408. The van der Waals surface area contributed by atoms with Crippen LogP contribution in [0.15, 0.2) is 12.1 Å². The molecule has 0 spiro atoms. The third-order valence-corrected chi connectivity index (χ3v) is 3.22. The van der Waals surface area contributed by atoms with Crippen LogP contribution < -0.4 is 11.1 Å². The zero-order chi connectivity index (χ0) is 13.0. The Kier molecular flexibility index (Phi) is 7.65. The maximum atomic E-state index is 13.2. The highest BCUT2D eigenvalue weighted by Gasteiger charge is 2.14. The van der Waals surface area contributed by atoms with E-state index < -0.39 is 23.6 Å². The van der Waals surface area contributed by atoms with Crippen LogP contribution in [0.2, 0.25) is 0 Å². The molecule has 1 aromatic rings. The van der Waals surface area contributed by atoms with Gasteiger partial charge in [0, 0.05) is 5.69 Å². The average molecular weight is 391 g/mol. The standard InChI is InChI=1S/C11H13F2IN2O.ClH/c1-2-3-9(15)11(17)16-6-4-7(12)10(14)8(13)5-6;/h4-5,9H,2-3,15H2,1H3,(H,16,17);1H. The molecule has 0 aromatic heterocycles. The fourth-order valence-corrected chi connectivity index (χ4v) is 1.62. The Balaban J connectivity index is 0.00000289. The van der Waals surface area contributed by atoms with Crippen LogP contribution in [0, 0.1) is 15.2 Å². The van der Waals surface area contributed by atoms with Crippen molar-refractivity contribution in [1.82, 2.24) is 0 Å². The van der Waals surface area contributed by atoms with E-state index in [1.54, 1.807) is 22.6 Å². The first-order valence-corrected chi connectivity index (χ1v) is 6.24. The van der Waals surface area contributed by atoms with Crippen LogP contribution in [0.4, 0.5) is 14.5 Å². The van der Waals surface area contributed by atoms with Crippen LogP contribution in [0.3, 0.4) is 0 Å². The van der Waals surface area contributed by atoms with Crippen molar-refractivity contribution in [3.8, 4) is 0 Å². The molecular formula is C11H14ClF2IN2O. The van der Waals surface area contributed by atoms with Crippen LogP contribution in [0.1, 0.15) is 19.8 Å². The van der Waals surface area contributed by atoms with Crippen LogP contribution in [0.25, 0.3) is 0 Å². The second kappa shape index (κ2) is 7.85. The second-order valence-electron chi connectivity index (χ2n) is 3.64. The third-order valence-electron chi connectivity index (χ3n) is 2.19. The van der Waals surface area contributed by atoms with Gasteiger partial charge in [0.2, 0.25) is 5.91 Å². The number of amides is 1. The number of benzene rings is 1. The van der Waals surface area contributed by atoms with Gasteiger partial charge in [0.25, 0.3) is 0 Å². The summed E-state index contributed by atoms with van der Waals surface area (Å²) in [4.78, 5) is 11.5. The number of nitrogens with one attached hydrogen (secondary N) is 1. The molecule has 0 saturated heterocycles. The Morgan fingerprint density at radius 1 is 1.44 bits per heavy atom. The monoisotopic (exact) mass is 390 g/mol. The molecule has 3 nitrogen and oxygen atoms in total. The van der Waals surface area contributed by atoms with Gasteiger partial charge in [0.15, 0.2) is 0 Å². The van der Waals surface area contributed by atoms with E-state index in [1.165, 1.54) is 0 Å². The summed E-state index contributed by atoms with van der Waals surface area (Å²) in [5.74, 6) is -1.85. The molecule has 1 amide bonds. The van der Waals surface area contributed by atoms with E-state index in [1.807, 2.05) is 6.92 Å². The molecule has 1 aromatic carbocycles. The molecule has 1 unspecified atom stereocenters. The number of carbonyl (C=O) groups excluding carboxylic acids is 1. The number of hydrogen-bond acceptors (Lipinski definition) is 2. The summed E-state index contributed by atoms with van der Waals surface area (Å²) < 4.78 is 26.3. The van der Waals surface area contributed by atoms with E-state index in [0.29, 0.717) is 6.42 Å². The Morgan fingerprint density at radius 3 is 2.39 bits per heavy atom. The van der Waals surface area contributed by atoms with Crippen LogP contribution in [-0.2, 0) is 4.79 Å². The van der Waals surface area contributed by atoms with E-state index in [-0.39, 0.29) is 21.7 Å². The van der Waals surface area contributed by atoms with Crippen LogP contribution >= 0.6 is 35.0 Å².